The summed E-state index contributed by atoms with van der Waals surface area (Å²) in [6.07, 6.45) is -0.128. The van der Waals surface area contributed by atoms with Crippen molar-refractivity contribution in [3.05, 3.63) is 65.5 Å². The van der Waals surface area contributed by atoms with Crippen LogP contribution in [0.4, 0.5) is 9.18 Å². The fourth-order valence-electron chi connectivity index (χ4n) is 1.81. The number of alkyl carbamates (subject to hydrolysis) is 1. The topological polar surface area (TPSA) is 58.6 Å². The minimum atomic E-state index is -0.545. The Morgan fingerprint density at radius 2 is 2.00 bits per heavy atom. The van der Waals surface area contributed by atoms with Gasteiger partial charge in [0.25, 0.3) is 0 Å². The van der Waals surface area contributed by atoms with Crippen LogP contribution in [0.5, 0.6) is 5.75 Å². The maximum atomic E-state index is 13.0. The maximum absolute atomic E-state index is 13.0. The summed E-state index contributed by atoms with van der Waals surface area (Å²) in [6.45, 7) is 0.531. The Hall–Kier alpha value is -3.00. The van der Waals surface area contributed by atoms with E-state index in [0.29, 0.717) is 18.5 Å². The van der Waals surface area contributed by atoms with Crippen LogP contribution < -0.4 is 5.32 Å². The minimum absolute atomic E-state index is 0.170. The molecule has 4 nitrogen and oxygen atoms in total. The Kier molecular flexibility index (Phi) is 6.01. The fourth-order valence-corrected chi connectivity index (χ4v) is 1.81. The SMILES string of the molecule is O=C(NCCC#Cc1cc(O)cc(F)c1)OCc1ccccc1. The smallest absolute Gasteiger partial charge is 0.407 e. The quantitative estimate of drug-likeness (QED) is 0.673. The molecule has 2 aromatic carbocycles. The number of phenolic OH excluding ortho intramolecular Hbond substituents is 1. The number of aromatic hydroxyl groups is 1. The Balaban J connectivity index is 1.69. The minimum Gasteiger partial charge on any atom is -0.508 e. The van der Waals surface area contributed by atoms with Gasteiger partial charge in [0.1, 0.15) is 18.2 Å². The first-order chi connectivity index (χ1) is 11.1. The summed E-state index contributed by atoms with van der Waals surface area (Å²) in [6, 6.07) is 13.0. The average Bonchev–Trinajstić information content (AvgIpc) is 2.53. The molecule has 0 unspecified atom stereocenters. The summed E-state index contributed by atoms with van der Waals surface area (Å²) in [5.41, 5.74) is 1.29. The molecule has 5 heteroatoms. The van der Waals surface area contributed by atoms with E-state index in [9.17, 15) is 14.3 Å². The molecule has 23 heavy (non-hydrogen) atoms. The van der Waals surface area contributed by atoms with Crippen LogP contribution in [-0.2, 0) is 11.3 Å². The Bertz CT molecular complexity index is 700. The zero-order valence-corrected chi connectivity index (χ0v) is 12.4. The second-order valence-electron chi connectivity index (χ2n) is 4.74. The fraction of sp³-hybridized carbons (Fsp3) is 0.167. The molecule has 0 atom stereocenters. The van der Waals surface area contributed by atoms with E-state index >= 15 is 0 Å². The van der Waals surface area contributed by atoms with Crippen molar-refractivity contribution in [1.29, 1.82) is 0 Å². The van der Waals surface area contributed by atoms with E-state index in [1.807, 2.05) is 30.3 Å². The van der Waals surface area contributed by atoms with E-state index < -0.39 is 11.9 Å². The van der Waals surface area contributed by atoms with Gasteiger partial charge in [0.15, 0.2) is 0 Å². The van der Waals surface area contributed by atoms with Crippen molar-refractivity contribution in [3.8, 4) is 17.6 Å². The van der Waals surface area contributed by atoms with Crippen LogP contribution in [0.3, 0.4) is 0 Å². The molecule has 2 aromatic rings. The highest BCUT2D eigenvalue weighted by Crippen LogP contribution is 2.13. The summed E-state index contributed by atoms with van der Waals surface area (Å²) in [5.74, 6) is 4.79. The van der Waals surface area contributed by atoms with Crippen LogP contribution >= 0.6 is 0 Å². The van der Waals surface area contributed by atoms with Gasteiger partial charge in [0, 0.05) is 24.6 Å². The molecule has 0 saturated heterocycles. The third-order valence-corrected chi connectivity index (χ3v) is 2.85. The number of rotatable bonds is 4. The van der Waals surface area contributed by atoms with Crippen molar-refractivity contribution >= 4 is 6.09 Å². The lowest BCUT2D eigenvalue weighted by Crippen LogP contribution is -2.24. The molecule has 0 bridgehead atoms. The van der Waals surface area contributed by atoms with Crippen LogP contribution in [0.15, 0.2) is 48.5 Å². The lowest BCUT2D eigenvalue weighted by molar-refractivity contribution is 0.140. The maximum Gasteiger partial charge on any atom is 0.407 e. The molecule has 0 spiro atoms. The van der Waals surface area contributed by atoms with Crippen LogP contribution in [-0.4, -0.2) is 17.7 Å². The van der Waals surface area contributed by atoms with Gasteiger partial charge in [0.05, 0.1) is 0 Å². The number of amides is 1. The third-order valence-electron chi connectivity index (χ3n) is 2.85. The van der Waals surface area contributed by atoms with Gasteiger partial charge in [-0.15, -0.1) is 0 Å². The molecular formula is C18H16FNO3. The highest BCUT2D eigenvalue weighted by Gasteiger charge is 2.01. The van der Waals surface area contributed by atoms with E-state index in [4.69, 9.17) is 4.74 Å². The standard InChI is InChI=1S/C18H16FNO3/c19-16-10-15(11-17(21)12-16)8-4-5-9-20-18(22)23-13-14-6-2-1-3-7-14/h1-3,6-7,10-12,21H,5,9,13H2,(H,20,22). The van der Waals surface area contributed by atoms with E-state index in [-0.39, 0.29) is 12.4 Å². The van der Waals surface area contributed by atoms with Crippen molar-refractivity contribution in [2.45, 2.75) is 13.0 Å². The van der Waals surface area contributed by atoms with Gasteiger partial charge in [-0.25, -0.2) is 9.18 Å². The molecular weight excluding hydrogens is 297 g/mol. The Morgan fingerprint density at radius 1 is 1.22 bits per heavy atom. The summed E-state index contributed by atoms with van der Waals surface area (Å²) in [5, 5.41) is 11.8. The van der Waals surface area contributed by atoms with Crippen molar-refractivity contribution in [2.75, 3.05) is 6.54 Å². The summed E-state index contributed by atoms with van der Waals surface area (Å²) >= 11 is 0. The van der Waals surface area contributed by atoms with Gasteiger partial charge < -0.3 is 15.2 Å². The molecule has 2 rings (SSSR count). The van der Waals surface area contributed by atoms with Crippen LogP contribution in [0.25, 0.3) is 0 Å². The van der Waals surface area contributed by atoms with E-state index in [2.05, 4.69) is 17.2 Å². The number of halogens is 1. The molecule has 118 valence electrons. The van der Waals surface area contributed by atoms with Crippen LogP contribution in [0, 0.1) is 17.7 Å². The van der Waals surface area contributed by atoms with Crippen molar-refractivity contribution in [2.24, 2.45) is 0 Å². The number of benzene rings is 2. The van der Waals surface area contributed by atoms with E-state index in [1.165, 1.54) is 12.1 Å². The number of phenols is 1. The number of hydrogen-bond donors (Lipinski definition) is 2. The molecule has 0 aliphatic carbocycles. The summed E-state index contributed by atoms with van der Waals surface area (Å²) in [4.78, 5) is 11.5. The molecule has 0 aromatic heterocycles. The van der Waals surface area contributed by atoms with Crippen LogP contribution in [0.1, 0.15) is 17.5 Å². The normalized spacial score (nSPS) is 9.61. The largest absolute Gasteiger partial charge is 0.508 e. The molecule has 1 amide bonds. The number of carbonyl (C=O) groups is 1. The predicted octanol–water partition coefficient (Wildman–Crippen LogP) is 3.20. The Labute approximate surface area is 133 Å². The third kappa shape index (κ3) is 6.10. The number of hydrogen-bond acceptors (Lipinski definition) is 3. The van der Waals surface area contributed by atoms with Gasteiger partial charge in [-0.3, -0.25) is 0 Å². The monoisotopic (exact) mass is 313 g/mol. The zero-order valence-electron chi connectivity index (χ0n) is 12.4. The van der Waals surface area contributed by atoms with Gasteiger partial charge in [-0.05, 0) is 17.7 Å². The molecule has 0 aliphatic heterocycles. The lowest BCUT2D eigenvalue weighted by atomic mass is 10.2. The lowest BCUT2D eigenvalue weighted by Gasteiger charge is -2.05. The average molecular weight is 313 g/mol. The highest BCUT2D eigenvalue weighted by molar-refractivity contribution is 5.67. The molecule has 0 fully saturated rings. The van der Waals surface area contributed by atoms with E-state index in [1.54, 1.807) is 0 Å². The van der Waals surface area contributed by atoms with Gasteiger partial charge in [-0.2, -0.15) is 0 Å². The summed E-state index contributed by atoms with van der Waals surface area (Å²) < 4.78 is 18.1. The zero-order chi connectivity index (χ0) is 16.5. The molecule has 0 radical (unpaired) electrons. The highest BCUT2D eigenvalue weighted by atomic mass is 19.1. The second kappa shape index (κ2) is 8.44. The predicted molar refractivity (Wildman–Crippen MR) is 84.2 cm³/mol. The summed E-state index contributed by atoms with van der Waals surface area (Å²) in [7, 11) is 0. The first kappa shape index (κ1) is 16.4. The van der Waals surface area contributed by atoms with Gasteiger partial charge >= 0.3 is 6.09 Å². The van der Waals surface area contributed by atoms with E-state index in [0.717, 1.165) is 11.6 Å². The first-order valence-electron chi connectivity index (χ1n) is 7.06. The molecule has 2 N–H and O–H groups in total. The van der Waals surface area contributed by atoms with Crippen molar-refractivity contribution in [1.82, 2.24) is 5.32 Å². The molecule has 0 aliphatic rings. The number of nitrogens with one attached hydrogen (secondary N) is 1. The number of ether oxygens (including phenoxy) is 1. The van der Waals surface area contributed by atoms with Gasteiger partial charge in [0.2, 0.25) is 0 Å². The van der Waals surface area contributed by atoms with Crippen molar-refractivity contribution in [3.63, 3.8) is 0 Å². The Morgan fingerprint density at radius 3 is 2.74 bits per heavy atom. The molecule has 0 heterocycles. The molecule has 0 saturated carbocycles. The van der Waals surface area contributed by atoms with Gasteiger partial charge in [-0.1, -0.05) is 42.2 Å². The van der Waals surface area contributed by atoms with Crippen LogP contribution in [0.2, 0.25) is 0 Å². The van der Waals surface area contributed by atoms with Crippen molar-refractivity contribution < 1.29 is 19.0 Å². The second-order valence-corrected chi connectivity index (χ2v) is 4.74. The first-order valence-corrected chi connectivity index (χ1v) is 7.06. The number of carbonyl (C=O) groups excluding carboxylic acids is 1.